The zero-order valence-corrected chi connectivity index (χ0v) is 25.8. The van der Waals surface area contributed by atoms with Gasteiger partial charge in [-0.3, -0.25) is 9.59 Å². The average Bonchev–Trinajstić information content (AvgIpc) is 3.71. The Balaban J connectivity index is 1.31. The summed E-state index contributed by atoms with van der Waals surface area (Å²) < 4.78 is 0. The van der Waals surface area contributed by atoms with Gasteiger partial charge in [0.2, 0.25) is 11.8 Å². The van der Waals surface area contributed by atoms with Gasteiger partial charge in [0.15, 0.2) is 0 Å². The fourth-order valence-electron chi connectivity index (χ4n) is 6.25. The number of H-pyrrole nitrogens is 1. The number of fused-ring (bicyclic) bond motifs is 1. The van der Waals surface area contributed by atoms with E-state index in [1.807, 2.05) is 48.2 Å². The van der Waals surface area contributed by atoms with Crippen molar-refractivity contribution in [3.63, 3.8) is 0 Å². The minimum atomic E-state index is -0.00111. The molecule has 3 aromatic carbocycles. The van der Waals surface area contributed by atoms with Gasteiger partial charge in [-0.25, -0.2) is 0 Å². The van der Waals surface area contributed by atoms with Crippen LogP contribution in [0.4, 0.5) is 5.69 Å². The van der Waals surface area contributed by atoms with Crippen LogP contribution in [0.1, 0.15) is 55.2 Å². The molecule has 1 heterocycles. The lowest BCUT2D eigenvalue weighted by Gasteiger charge is -2.28. The van der Waals surface area contributed by atoms with E-state index in [4.69, 9.17) is 0 Å². The van der Waals surface area contributed by atoms with E-state index in [1.54, 1.807) is 0 Å². The molecular weight excluding hydrogens is 532 g/mol. The number of hydrogen-bond acceptors (Lipinski definition) is 3. The average molecular weight is 579 g/mol. The summed E-state index contributed by atoms with van der Waals surface area (Å²) in [5.41, 5.74) is 5.70. The number of nitrogens with one attached hydrogen (secondary N) is 1. The molecule has 2 amide bonds. The second-order valence-corrected chi connectivity index (χ2v) is 12.2. The summed E-state index contributed by atoms with van der Waals surface area (Å²) in [5.74, 6) is 0.746. The molecule has 1 aliphatic carbocycles. The first kappa shape index (κ1) is 30.4. The van der Waals surface area contributed by atoms with E-state index in [0.29, 0.717) is 32.0 Å². The van der Waals surface area contributed by atoms with Gasteiger partial charge in [-0.1, -0.05) is 86.3 Å². The zero-order chi connectivity index (χ0) is 30.0. The summed E-state index contributed by atoms with van der Waals surface area (Å²) in [6.45, 7) is 1.75. The van der Waals surface area contributed by atoms with Crippen molar-refractivity contribution in [1.82, 2.24) is 14.8 Å². The Kier molecular flexibility index (Phi) is 10.5. The summed E-state index contributed by atoms with van der Waals surface area (Å²) in [6, 6.07) is 26.9. The molecule has 0 aliphatic heterocycles. The predicted molar refractivity (Wildman–Crippen MR) is 176 cm³/mol. The molecule has 0 radical (unpaired) electrons. The molecule has 43 heavy (non-hydrogen) atoms. The highest BCUT2D eigenvalue weighted by Gasteiger charge is 2.24. The smallest absolute Gasteiger partial charge is 0.242 e. The Labute approximate surface area is 256 Å². The van der Waals surface area contributed by atoms with Gasteiger partial charge in [0.1, 0.15) is 0 Å². The topological polar surface area (TPSA) is 59.7 Å². The second kappa shape index (κ2) is 14.9. The van der Waals surface area contributed by atoms with Crippen molar-refractivity contribution in [2.45, 2.75) is 57.9 Å². The molecule has 0 spiro atoms. The Bertz CT molecular complexity index is 1460. The van der Waals surface area contributed by atoms with Gasteiger partial charge in [-0.05, 0) is 60.1 Å². The third kappa shape index (κ3) is 8.50. The van der Waals surface area contributed by atoms with Crippen molar-refractivity contribution >= 4 is 28.4 Å². The molecule has 5 rings (SSSR count). The Hall–Kier alpha value is -4.06. The minimum Gasteiger partial charge on any atom is -0.378 e. The van der Waals surface area contributed by atoms with Crippen LogP contribution >= 0.6 is 0 Å². The third-order valence-corrected chi connectivity index (χ3v) is 8.94. The molecule has 1 aliphatic rings. The molecule has 1 saturated carbocycles. The molecule has 1 N–H and O–H groups in total. The van der Waals surface area contributed by atoms with Crippen LogP contribution in [0.25, 0.3) is 10.9 Å². The first-order valence-corrected chi connectivity index (χ1v) is 15.9. The zero-order valence-electron chi connectivity index (χ0n) is 25.8. The summed E-state index contributed by atoms with van der Waals surface area (Å²) in [5, 5.41) is 1.19. The highest BCUT2D eigenvalue weighted by molar-refractivity contribution is 5.85. The lowest BCUT2D eigenvalue weighted by atomic mass is 10.0. The normalized spacial score (nSPS) is 13.3. The summed E-state index contributed by atoms with van der Waals surface area (Å²) in [6.07, 6.45) is 9.99. The van der Waals surface area contributed by atoms with Crippen molar-refractivity contribution in [2.75, 3.05) is 38.6 Å². The molecule has 0 unspecified atom stereocenters. The number of carbonyl (C=O) groups is 2. The number of aromatic amines is 1. The minimum absolute atomic E-state index is 0.00111. The van der Waals surface area contributed by atoms with Gasteiger partial charge in [-0.2, -0.15) is 0 Å². The number of hydrogen-bond donors (Lipinski definition) is 1. The number of amides is 2. The fraction of sp³-hybridized carbons (Fsp3) is 0.405. The van der Waals surface area contributed by atoms with Crippen LogP contribution in [0, 0.1) is 5.92 Å². The van der Waals surface area contributed by atoms with Crippen LogP contribution in [-0.4, -0.2) is 60.3 Å². The van der Waals surface area contributed by atoms with Crippen LogP contribution in [0.3, 0.4) is 0 Å². The molecule has 4 aromatic rings. The first-order chi connectivity index (χ1) is 21.0. The van der Waals surface area contributed by atoms with Crippen molar-refractivity contribution in [2.24, 2.45) is 5.92 Å². The maximum Gasteiger partial charge on any atom is 0.242 e. The Morgan fingerprint density at radius 1 is 0.767 bits per heavy atom. The van der Waals surface area contributed by atoms with Crippen LogP contribution in [0.2, 0.25) is 0 Å². The molecule has 6 heteroatoms. The third-order valence-electron chi connectivity index (χ3n) is 8.94. The predicted octanol–water partition coefficient (Wildman–Crippen LogP) is 6.85. The number of carbonyl (C=O) groups excluding carboxylic acids is 2. The van der Waals surface area contributed by atoms with Crippen LogP contribution in [-0.2, 0) is 29.0 Å². The summed E-state index contributed by atoms with van der Waals surface area (Å²) >= 11 is 0. The van der Waals surface area contributed by atoms with E-state index < -0.39 is 0 Å². The standard InChI is InChI=1S/C37H46N4O2/c1-39(2)33-19-16-31(17-20-33)27-40(25-23-32-26-38-35-15-9-8-14-34(32)35)37(43)28-41(24-22-30-10-4-3-5-11-30)36(42)21-18-29-12-6-7-13-29/h3-5,8-11,14-17,19-20,26,29,38H,6-7,12-13,18,21-25,27-28H2,1-2H3. The summed E-state index contributed by atoms with van der Waals surface area (Å²) in [4.78, 5) is 36.8. The molecule has 1 fully saturated rings. The van der Waals surface area contributed by atoms with E-state index in [9.17, 15) is 9.59 Å². The van der Waals surface area contributed by atoms with Gasteiger partial charge in [0, 0.05) is 62.9 Å². The monoisotopic (exact) mass is 578 g/mol. The van der Waals surface area contributed by atoms with Crippen molar-refractivity contribution in [3.8, 4) is 0 Å². The molecule has 0 bridgehead atoms. The van der Waals surface area contributed by atoms with Crippen LogP contribution in [0.5, 0.6) is 0 Å². The Morgan fingerprint density at radius 3 is 2.21 bits per heavy atom. The molecule has 6 nitrogen and oxygen atoms in total. The molecule has 226 valence electrons. The van der Waals surface area contributed by atoms with E-state index in [0.717, 1.165) is 36.0 Å². The van der Waals surface area contributed by atoms with Crippen molar-refractivity contribution < 1.29 is 9.59 Å². The number of anilines is 1. The molecule has 1 aromatic heterocycles. The van der Waals surface area contributed by atoms with E-state index in [2.05, 4.69) is 70.7 Å². The first-order valence-electron chi connectivity index (χ1n) is 15.9. The molecule has 0 atom stereocenters. The number of benzene rings is 3. The van der Waals surface area contributed by atoms with Gasteiger partial charge in [0.25, 0.3) is 0 Å². The number of nitrogens with zero attached hydrogens (tertiary/aromatic N) is 3. The van der Waals surface area contributed by atoms with Crippen LogP contribution in [0.15, 0.2) is 85.1 Å². The van der Waals surface area contributed by atoms with Crippen molar-refractivity contribution in [3.05, 3.63) is 102 Å². The number of rotatable bonds is 14. The number of para-hydroxylation sites is 1. The van der Waals surface area contributed by atoms with Gasteiger partial charge in [-0.15, -0.1) is 0 Å². The highest BCUT2D eigenvalue weighted by Crippen LogP contribution is 2.29. The van der Waals surface area contributed by atoms with E-state index in [1.165, 1.54) is 42.2 Å². The quantitative estimate of drug-likeness (QED) is 0.178. The van der Waals surface area contributed by atoms with Gasteiger partial charge in [0.05, 0.1) is 6.54 Å². The lowest BCUT2D eigenvalue weighted by Crippen LogP contribution is -2.44. The van der Waals surface area contributed by atoms with Crippen LogP contribution < -0.4 is 4.90 Å². The second-order valence-electron chi connectivity index (χ2n) is 12.2. The SMILES string of the molecule is CN(C)c1ccc(CN(CCc2c[nH]c3ccccc23)C(=O)CN(CCc2ccccc2)C(=O)CCC2CCCC2)cc1. The van der Waals surface area contributed by atoms with Gasteiger partial charge < -0.3 is 19.7 Å². The largest absolute Gasteiger partial charge is 0.378 e. The maximum atomic E-state index is 14.0. The molecule has 0 saturated heterocycles. The van der Waals surface area contributed by atoms with E-state index >= 15 is 0 Å². The lowest BCUT2D eigenvalue weighted by molar-refractivity contribution is -0.141. The van der Waals surface area contributed by atoms with Gasteiger partial charge >= 0.3 is 0 Å². The molecular formula is C37H46N4O2. The maximum absolute atomic E-state index is 14.0. The number of aromatic nitrogens is 1. The highest BCUT2D eigenvalue weighted by atomic mass is 16.2. The summed E-state index contributed by atoms with van der Waals surface area (Å²) in [7, 11) is 4.06. The van der Waals surface area contributed by atoms with Crippen molar-refractivity contribution in [1.29, 1.82) is 0 Å². The Morgan fingerprint density at radius 2 is 1.47 bits per heavy atom. The van der Waals surface area contributed by atoms with E-state index in [-0.39, 0.29) is 18.4 Å². The fourth-order valence-corrected chi connectivity index (χ4v) is 6.25.